The molecule has 0 N–H and O–H groups in total. The molecule has 0 bridgehead atoms. The van der Waals surface area contributed by atoms with E-state index in [-0.39, 0.29) is 0 Å². The zero-order valence-electron chi connectivity index (χ0n) is 12.7. The maximum absolute atomic E-state index is 2.36. The van der Waals surface area contributed by atoms with Gasteiger partial charge in [-0.05, 0) is 59.8 Å². The summed E-state index contributed by atoms with van der Waals surface area (Å²) in [5.74, 6) is 0. The van der Waals surface area contributed by atoms with Crippen molar-refractivity contribution in [3.05, 3.63) is 76.2 Å². The van der Waals surface area contributed by atoms with E-state index in [2.05, 4.69) is 85.8 Å². The summed E-state index contributed by atoms with van der Waals surface area (Å²) in [4.78, 5) is 2.22. The Kier molecular flexibility index (Phi) is 4.03. The molecule has 0 amide bonds. The van der Waals surface area contributed by atoms with E-state index in [1.807, 2.05) is 0 Å². The van der Waals surface area contributed by atoms with Gasteiger partial charge in [0.2, 0.25) is 0 Å². The molecule has 1 aliphatic rings. The Bertz CT molecular complexity index is 781. The molecule has 0 atom stereocenters. The fraction of sp³-hybridized carbons (Fsp3) is 0.200. The van der Waals surface area contributed by atoms with Crippen LogP contribution in [0.15, 0.2) is 54.6 Å². The fourth-order valence-electron chi connectivity index (χ4n) is 2.72. The van der Waals surface area contributed by atoms with Crippen molar-refractivity contribution in [3.63, 3.8) is 0 Å². The summed E-state index contributed by atoms with van der Waals surface area (Å²) >= 11 is 0. The summed E-state index contributed by atoms with van der Waals surface area (Å²) in [5.41, 5.74) is 3.95. The molecule has 0 saturated heterocycles. The lowest BCUT2D eigenvalue weighted by molar-refractivity contribution is 0.417. The Hall–Kier alpha value is -2.12. The van der Waals surface area contributed by atoms with Crippen LogP contribution in [-0.4, -0.2) is 25.5 Å². The molecule has 21 heavy (non-hydrogen) atoms. The first-order valence-corrected chi connectivity index (χ1v) is 7.47. The van der Waals surface area contributed by atoms with Crippen molar-refractivity contribution in [2.75, 3.05) is 20.6 Å². The van der Waals surface area contributed by atoms with Gasteiger partial charge in [-0.3, -0.25) is 0 Å². The van der Waals surface area contributed by atoms with Gasteiger partial charge in [0.25, 0.3) is 0 Å². The molecule has 0 spiro atoms. The molecular weight excluding hydrogens is 254 g/mol. The van der Waals surface area contributed by atoms with E-state index < -0.39 is 0 Å². The van der Waals surface area contributed by atoms with Crippen LogP contribution in [0.4, 0.5) is 0 Å². The van der Waals surface area contributed by atoms with E-state index in [4.69, 9.17) is 0 Å². The summed E-state index contributed by atoms with van der Waals surface area (Å²) in [5, 5.41) is 2.59. The van der Waals surface area contributed by atoms with Crippen molar-refractivity contribution in [1.29, 1.82) is 0 Å². The second-order valence-electron chi connectivity index (χ2n) is 5.76. The van der Waals surface area contributed by atoms with Gasteiger partial charge in [0.1, 0.15) is 0 Å². The highest BCUT2D eigenvalue weighted by atomic mass is 15.0. The molecule has 0 saturated carbocycles. The molecule has 1 nitrogen and oxygen atoms in total. The standard InChI is InChI=1S/C20H21N/c1-21(2)13-7-11-19-15-17-9-4-3-8-16(17)14-18-10-5-6-12-20(18)19/h3-6,8-12,14-15H,7,13H2,1-2H3/b19-11-. The zero-order chi connectivity index (χ0) is 14.7. The van der Waals surface area contributed by atoms with Gasteiger partial charge in [0.15, 0.2) is 0 Å². The van der Waals surface area contributed by atoms with E-state index >= 15 is 0 Å². The van der Waals surface area contributed by atoms with Crippen LogP contribution >= 0.6 is 0 Å². The molecule has 0 aromatic heterocycles. The highest BCUT2D eigenvalue weighted by Gasteiger charge is 2.06. The van der Waals surface area contributed by atoms with Crippen molar-refractivity contribution in [3.8, 4) is 0 Å². The Balaban J connectivity index is 2.13. The molecule has 1 heteroatoms. The third-order valence-electron chi connectivity index (χ3n) is 3.83. The van der Waals surface area contributed by atoms with Crippen molar-refractivity contribution in [1.82, 2.24) is 4.90 Å². The number of nitrogens with zero attached hydrogens (tertiary/aromatic N) is 1. The van der Waals surface area contributed by atoms with Crippen LogP contribution in [-0.2, 0) is 0 Å². The lowest BCUT2D eigenvalue weighted by Gasteiger charge is -2.09. The number of rotatable bonds is 3. The topological polar surface area (TPSA) is 3.24 Å². The van der Waals surface area contributed by atoms with E-state index in [1.54, 1.807) is 0 Å². The molecule has 3 rings (SSSR count). The van der Waals surface area contributed by atoms with Crippen LogP contribution in [0.25, 0.3) is 17.7 Å². The maximum Gasteiger partial charge on any atom is 0.00101 e. The first-order valence-electron chi connectivity index (χ1n) is 7.47. The third-order valence-corrected chi connectivity index (χ3v) is 3.83. The van der Waals surface area contributed by atoms with E-state index in [9.17, 15) is 0 Å². The van der Waals surface area contributed by atoms with Crippen molar-refractivity contribution >= 4 is 17.7 Å². The number of allylic oxidation sites excluding steroid dienone is 1. The van der Waals surface area contributed by atoms with Crippen LogP contribution in [0.2, 0.25) is 0 Å². The molecule has 0 unspecified atom stereocenters. The zero-order valence-corrected chi connectivity index (χ0v) is 12.7. The highest BCUT2D eigenvalue weighted by molar-refractivity contribution is 5.92. The second kappa shape index (κ2) is 6.11. The van der Waals surface area contributed by atoms with Crippen molar-refractivity contribution in [2.45, 2.75) is 6.42 Å². The van der Waals surface area contributed by atoms with Gasteiger partial charge in [-0.25, -0.2) is 0 Å². The van der Waals surface area contributed by atoms with Crippen LogP contribution in [0.3, 0.4) is 0 Å². The fourth-order valence-corrected chi connectivity index (χ4v) is 2.72. The molecule has 0 fully saturated rings. The predicted octanol–water partition coefficient (Wildman–Crippen LogP) is 2.64. The minimum atomic E-state index is 1.06. The first-order chi connectivity index (χ1) is 10.2. The average Bonchev–Trinajstić information content (AvgIpc) is 2.63. The molecule has 0 radical (unpaired) electrons. The number of benzene rings is 2. The van der Waals surface area contributed by atoms with Crippen LogP contribution in [0.1, 0.15) is 17.5 Å². The quantitative estimate of drug-likeness (QED) is 0.832. The minimum absolute atomic E-state index is 1.06. The Morgan fingerprint density at radius 2 is 1.52 bits per heavy atom. The van der Waals surface area contributed by atoms with Crippen LogP contribution in [0, 0.1) is 0 Å². The molecular formula is C20H21N. The van der Waals surface area contributed by atoms with Crippen molar-refractivity contribution < 1.29 is 0 Å². The third kappa shape index (κ3) is 3.14. The number of hydrogen-bond acceptors (Lipinski definition) is 1. The smallest absolute Gasteiger partial charge is 0.00101 e. The molecule has 1 aliphatic carbocycles. The summed E-state index contributed by atoms with van der Waals surface area (Å²) < 4.78 is 0. The molecule has 2 aromatic rings. The molecule has 2 aromatic carbocycles. The first kappa shape index (κ1) is 13.8. The van der Waals surface area contributed by atoms with Gasteiger partial charge in [0, 0.05) is 6.54 Å². The van der Waals surface area contributed by atoms with Gasteiger partial charge < -0.3 is 4.90 Å². The van der Waals surface area contributed by atoms with Gasteiger partial charge >= 0.3 is 0 Å². The predicted molar refractivity (Wildman–Crippen MR) is 91.3 cm³/mol. The molecule has 0 heterocycles. The number of fused-ring (bicyclic) bond motifs is 2. The summed E-state index contributed by atoms with van der Waals surface area (Å²) in [7, 11) is 4.23. The second-order valence-corrected chi connectivity index (χ2v) is 5.76. The summed E-state index contributed by atoms with van der Waals surface area (Å²) in [6, 6.07) is 17.2. The Labute approximate surface area is 126 Å². The normalized spacial score (nSPS) is 14.9. The molecule has 106 valence electrons. The van der Waals surface area contributed by atoms with Gasteiger partial charge in [0.05, 0.1) is 0 Å². The minimum Gasteiger partial charge on any atom is -0.309 e. The highest BCUT2D eigenvalue weighted by Crippen LogP contribution is 2.22. The maximum atomic E-state index is 2.36. The van der Waals surface area contributed by atoms with E-state index in [0.29, 0.717) is 0 Å². The van der Waals surface area contributed by atoms with Gasteiger partial charge in [-0.15, -0.1) is 0 Å². The summed E-state index contributed by atoms with van der Waals surface area (Å²) in [6.07, 6.45) is 8.02. The summed E-state index contributed by atoms with van der Waals surface area (Å²) in [6.45, 7) is 1.07. The van der Waals surface area contributed by atoms with Gasteiger partial charge in [-0.1, -0.05) is 54.6 Å². The van der Waals surface area contributed by atoms with E-state index in [0.717, 1.165) is 13.0 Å². The SMILES string of the molecule is CN(C)CC/C=C1/C=c2ccccc2=Cc2ccccc21. The Morgan fingerprint density at radius 1 is 0.857 bits per heavy atom. The monoisotopic (exact) mass is 275 g/mol. The largest absolute Gasteiger partial charge is 0.309 e. The van der Waals surface area contributed by atoms with Crippen LogP contribution < -0.4 is 10.4 Å². The Morgan fingerprint density at radius 3 is 2.29 bits per heavy atom. The molecule has 0 aliphatic heterocycles. The lowest BCUT2D eigenvalue weighted by Crippen LogP contribution is -2.22. The van der Waals surface area contributed by atoms with E-state index in [1.165, 1.54) is 27.1 Å². The van der Waals surface area contributed by atoms with Gasteiger partial charge in [-0.2, -0.15) is 0 Å². The average molecular weight is 275 g/mol. The lowest BCUT2D eigenvalue weighted by atomic mass is 9.99. The number of hydrogen-bond donors (Lipinski definition) is 0. The van der Waals surface area contributed by atoms with Crippen LogP contribution in [0.5, 0.6) is 0 Å². The van der Waals surface area contributed by atoms with Crippen molar-refractivity contribution in [2.24, 2.45) is 0 Å².